The van der Waals surface area contributed by atoms with E-state index in [-0.39, 0.29) is 0 Å². The Hall–Kier alpha value is -0.0800. The first-order valence-electron chi connectivity index (χ1n) is 5.71. The molecule has 0 bridgehead atoms. The molecular formula is C11H22NO+. The van der Waals surface area contributed by atoms with Gasteiger partial charge < -0.3 is 9.59 Å². The average molecular weight is 184 g/mol. The van der Waals surface area contributed by atoms with Crippen molar-refractivity contribution in [1.29, 1.82) is 0 Å². The Kier molecular flexibility index (Phi) is 2.61. The van der Waals surface area contributed by atoms with Gasteiger partial charge in [0.1, 0.15) is 0 Å². The van der Waals surface area contributed by atoms with Crippen LogP contribution in [0.4, 0.5) is 0 Å². The molecule has 0 saturated carbocycles. The highest BCUT2D eigenvalue weighted by atomic mass is 16.3. The fourth-order valence-electron chi connectivity index (χ4n) is 3.45. The molecule has 0 aliphatic carbocycles. The Morgan fingerprint density at radius 3 is 2.69 bits per heavy atom. The first-order valence-corrected chi connectivity index (χ1v) is 5.71. The molecule has 0 aromatic heterocycles. The van der Waals surface area contributed by atoms with Crippen molar-refractivity contribution in [3.63, 3.8) is 0 Å². The lowest BCUT2D eigenvalue weighted by atomic mass is 9.82. The highest BCUT2D eigenvalue weighted by Crippen LogP contribution is 2.35. The minimum Gasteiger partial charge on any atom is -0.396 e. The van der Waals surface area contributed by atoms with Crippen molar-refractivity contribution in [2.75, 3.05) is 26.7 Å². The van der Waals surface area contributed by atoms with Crippen molar-refractivity contribution in [3.8, 4) is 0 Å². The number of hydrogen-bond acceptors (Lipinski definition) is 1. The molecule has 0 spiro atoms. The summed E-state index contributed by atoms with van der Waals surface area (Å²) in [4.78, 5) is 0. The van der Waals surface area contributed by atoms with Gasteiger partial charge in [0, 0.05) is 12.3 Å². The van der Waals surface area contributed by atoms with Gasteiger partial charge in [-0.05, 0) is 25.7 Å². The van der Waals surface area contributed by atoms with Crippen LogP contribution in [0.25, 0.3) is 0 Å². The van der Waals surface area contributed by atoms with Gasteiger partial charge in [0.2, 0.25) is 0 Å². The van der Waals surface area contributed by atoms with Gasteiger partial charge in [-0.15, -0.1) is 0 Å². The second kappa shape index (κ2) is 3.58. The van der Waals surface area contributed by atoms with Crippen LogP contribution in [-0.4, -0.2) is 42.4 Å². The van der Waals surface area contributed by atoms with E-state index >= 15 is 0 Å². The fourth-order valence-corrected chi connectivity index (χ4v) is 3.45. The molecule has 2 heterocycles. The van der Waals surface area contributed by atoms with E-state index in [0.29, 0.717) is 12.5 Å². The third kappa shape index (κ3) is 1.62. The van der Waals surface area contributed by atoms with Crippen molar-refractivity contribution >= 4 is 0 Å². The summed E-state index contributed by atoms with van der Waals surface area (Å²) in [6, 6.07) is 0.771. The molecule has 0 radical (unpaired) electrons. The number of aliphatic hydroxyl groups is 1. The largest absolute Gasteiger partial charge is 0.396 e. The van der Waals surface area contributed by atoms with Gasteiger partial charge in [-0.25, -0.2) is 0 Å². The summed E-state index contributed by atoms with van der Waals surface area (Å²) in [6.45, 7) is 3.11. The normalized spacial score (nSPS) is 45.7. The zero-order valence-electron chi connectivity index (χ0n) is 8.71. The first kappa shape index (κ1) is 9.47. The molecule has 2 heteroatoms. The number of aliphatic hydroxyl groups excluding tert-OH is 1. The monoisotopic (exact) mass is 184 g/mol. The maximum Gasteiger partial charge on any atom is 0.0939 e. The first-order chi connectivity index (χ1) is 6.26. The highest BCUT2D eigenvalue weighted by Gasteiger charge is 2.42. The SMILES string of the molecule is C[N@+]12CCCC[C@H]1[C@@H](CO)CCC2. The van der Waals surface area contributed by atoms with Crippen LogP contribution < -0.4 is 0 Å². The van der Waals surface area contributed by atoms with Crippen molar-refractivity contribution in [2.24, 2.45) is 5.92 Å². The van der Waals surface area contributed by atoms with E-state index in [4.69, 9.17) is 0 Å². The van der Waals surface area contributed by atoms with Crippen LogP contribution in [0.5, 0.6) is 0 Å². The summed E-state index contributed by atoms with van der Waals surface area (Å²) in [5.41, 5.74) is 0. The number of hydrogen-bond donors (Lipinski definition) is 1. The Morgan fingerprint density at radius 1 is 1.15 bits per heavy atom. The third-order valence-corrected chi connectivity index (χ3v) is 4.24. The highest BCUT2D eigenvalue weighted by molar-refractivity contribution is 4.77. The summed E-state index contributed by atoms with van der Waals surface area (Å²) >= 11 is 0. The van der Waals surface area contributed by atoms with Crippen molar-refractivity contribution in [3.05, 3.63) is 0 Å². The number of quaternary nitrogens is 1. The minimum atomic E-state index is 0.415. The van der Waals surface area contributed by atoms with Crippen LogP contribution >= 0.6 is 0 Å². The summed E-state index contributed by atoms with van der Waals surface area (Å²) in [5, 5.41) is 9.33. The Labute approximate surface area is 81.1 Å². The van der Waals surface area contributed by atoms with E-state index < -0.39 is 0 Å². The Bertz CT molecular complexity index is 179. The third-order valence-electron chi connectivity index (χ3n) is 4.24. The molecule has 2 rings (SSSR count). The summed E-state index contributed by atoms with van der Waals surface area (Å²) in [5.74, 6) is 0.596. The number of fused-ring (bicyclic) bond motifs is 1. The van der Waals surface area contributed by atoms with E-state index in [1.54, 1.807) is 0 Å². The molecule has 2 nitrogen and oxygen atoms in total. The Balaban J connectivity index is 2.11. The number of piperidine rings is 2. The second-order valence-corrected chi connectivity index (χ2v) is 5.07. The van der Waals surface area contributed by atoms with E-state index in [9.17, 15) is 5.11 Å². The van der Waals surface area contributed by atoms with E-state index in [1.807, 2.05) is 0 Å². The van der Waals surface area contributed by atoms with E-state index in [2.05, 4.69) is 7.05 Å². The quantitative estimate of drug-likeness (QED) is 0.611. The van der Waals surface area contributed by atoms with Crippen LogP contribution in [0, 0.1) is 5.92 Å². The van der Waals surface area contributed by atoms with Crippen LogP contribution in [-0.2, 0) is 0 Å². The minimum absolute atomic E-state index is 0.415. The zero-order chi connectivity index (χ0) is 9.31. The number of rotatable bonds is 1. The molecule has 1 N–H and O–H groups in total. The van der Waals surface area contributed by atoms with E-state index in [0.717, 1.165) is 6.04 Å². The molecule has 2 saturated heterocycles. The average Bonchev–Trinajstić information content (AvgIpc) is 2.15. The lowest BCUT2D eigenvalue weighted by Crippen LogP contribution is -2.61. The van der Waals surface area contributed by atoms with Crippen molar-refractivity contribution < 1.29 is 9.59 Å². The fraction of sp³-hybridized carbons (Fsp3) is 1.00. The predicted octanol–water partition coefficient (Wildman–Crippen LogP) is 1.39. The standard InChI is InChI=1S/C11H22NO/c1-12-7-3-2-6-11(12)10(9-13)5-4-8-12/h10-11,13H,2-9H2,1H3/q+1/t10-,11+,12-/m1/s1. The predicted molar refractivity (Wildman–Crippen MR) is 53.4 cm³/mol. The van der Waals surface area contributed by atoms with Gasteiger partial charge in [-0.1, -0.05) is 0 Å². The van der Waals surface area contributed by atoms with Gasteiger partial charge in [-0.3, -0.25) is 0 Å². The summed E-state index contributed by atoms with van der Waals surface area (Å²) < 4.78 is 1.26. The topological polar surface area (TPSA) is 20.2 Å². The smallest absolute Gasteiger partial charge is 0.0939 e. The van der Waals surface area contributed by atoms with Gasteiger partial charge in [0.25, 0.3) is 0 Å². The van der Waals surface area contributed by atoms with Crippen LogP contribution in [0.2, 0.25) is 0 Å². The number of nitrogens with zero attached hydrogens (tertiary/aromatic N) is 1. The molecule has 2 aliphatic rings. The second-order valence-electron chi connectivity index (χ2n) is 5.07. The molecular weight excluding hydrogens is 162 g/mol. The van der Waals surface area contributed by atoms with Gasteiger partial charge in [-0.2, -0.15) is 0 Å². The van der Waals surface area contributed by atoms with Crippen LogP contribution in [0.1, 0.15) is 32.1 Å². The molecule has 13 heavy (non-hydrogen) atoms. The molecule has 2 aliphatic heterocycles. The lowest BCUT2D eigenvalue weighted by molar-refractivity contribution is -0.947. The van der Waals surface area contributed by atoms with Crippen molar-refractivity contribution in [2.45, 2.75) is 38.1 Å². The maximum atomic E-state index is 9.33. The molecule has 0 amide bonds. The molecule has 76 valence electrons. The molecule has 0 aromatic carbocycles. The Morgan fingerprint density at radius 2 is 1.92 bits per heavy atom. The maximum absolute atomic E-state index is 9.33. The molecule has 0 aromatic rings. The van der Waals surface area contributed by atoms with Gasteiger partial charge in [0.15, 0.2) is 0 Å². The van der Waals surface area contributed by atoms with Crippen LogP contribution in [0.3, 0.4) is 0 Å². The lowest BCUT2D eigenvalue weighted by Gasteiger charge is -2.50. The molecule has 0 unspecified atom stereocenters. The van der Waals surface area contributed by atoms with Gasteiger partial charge >= 0.3 is 0 Å². The van der Waals surface area contributed by atoms with Gasteiger partial charge in [0.05, 0.1) is 32.8 Å². The zero-order valence-corrected chi connectivity index (χ0v) is 8.71. The molecule has 2 fully saturated rings. The van der Waals surface area contributed by atoms with Crippen molar-refractivity contribution in [1.82, 2.24) is 0 Å². The molecule has 3 atom stereocenters. The van der Waals surface area contributed by atoms with E-state index in [1.165, 1.54) is 49.7 Å². The van der Waals surface area contributed by atoms with Crippen LogP contribution in [0.15, 0.2) is 0 Å². The summed E-state index contributed by atoms with van der Waals surface area (Å²) in [6.07, 6.45) is 6.70. The summed E-state index contributed by atoms with van der Waals surface area (Å²) in [7, 11) is 2.39.